The standard InChI is InChI=1S/C13H22N4O3.ClH/c1-3-13(4-2)11(19)17(12(20)15-13)8-10(18)16-6-5-9(14)7-16;/h9H,3-8,14H2,1-2H3,(H,15,20);1H/t9-;/m0./s1. The van der Waals surface area contributed by atoms with E-state index in [9.17, 15) is 14.4 Å². The summed E-state index contributed by atoms with van der Waals surface area (Å²) in [4.78, 5) is 39.1. The van der Waals surface area contributed by atoms with E-state index in [4.69, 9.17) is 5.73 Å². The zero-order valence-corrected chi connectivity index (χ0v) is 13.2. The van der Waals surface area contributed by atoms with Crippen LogP contribution < -0.4 is 11.1 Å². The molecule has 2 fully saturated rings. The van der Waals surface area contributed by atoms with Gasteiger partial charge in [0.05, 0.1) is 0 Å². The minimum atomic E-state index is -0.848. The Morgan fingerprint density at radius 1 is 1.38 bits per heavy atom. The molecular weight excluding hydrogens is 296 g/mol. The Bertz CT molecular complexity index is 439. The minimum absolute atomic E-state index is 0. The molecule has 2 aliphatic rings. The van der Waals surface area contributed by atoms with Crippen LogP contribution in [0, 0.1) is 0 Å². The molecule has 2 heterocycles. The number of hydrogen-bond acceptors (Lipinski definition) is 4. The number of urea groups is 1. The van der Waals surface area contributed by atoms with Gasteiger partial charge in [0.1, 0.15) is 12.1 Å². The lowest BCUT2D eigenvalue weighted by Gasteiger charge is -2.23. The van der Waals surface area contributed by atoms with Gasteiger partial charge in [-0.15, -0.1) is 12.4 Å². The van der Waals surface area contributed by atoms with Gasteiger partial charge in [-0.25, -0.2) is 4.79 Å². The molecule has 0 radical (unpaired) electrons. The molecule has 4 amide bonds. The molecule has 0 aliphatic carbocycles. The summed E-state index contributed by atoms with van der Waals surface area (Å²) in [6.07, 6.45) is 1.81. The fourth-order valence-corrected chi connectivity index (χ4v) is 2.80. The summed E-state index contributed by atoms with van der Waals surface area (Å²) in [5, 5.41) is 2.71. The van der Waals surface area contributed by atoms with Crippen molar-refractivity contribution in [3.05, 3.63) is 0 Å². The number of likely N-dealkylation sites (tertiary alicyclic amines) is 1. The maximum Gasteiger partial charge on any atom is 0.325 e. The molecule has 2 rings (SSSR count). The van der Waals surface area contributed by atoms with Crippen LogP contribution in [0.5, 0.6) is 0 Å². The topological polar surface area (TPSA) is 95.7 Å². The van der Waals surface area contributed by atoms with Crippen LogP contribution in [0.3, 0.4) is 0 Å². The number of halogens is 1. The first-order chi connectivity index (χ1) is 9.43. The van der Waals surface area contributed by atoms with Crippen LogP contribution in [0.4, 0.5) is 4.79 Å². The van der Waals surface area contributed by atoms with Crippen LogP contribution in [0.25, 0.3) is 0 Å². The highest BCUT2D eigenvalue weighted by Crippen LogP contribution is 2.25. The summed E-state index contributed by atoms with van der Waals surface area (Å²) in [6.45, 7) is 4.60. The maximum absolute atomic E-state index is 12.4. The average Bonchev–Trinajstić information content (AvgIpc) is 2.96. The molecule has 2 saturated heterocycles. The minimum Gasteiger partial charge on any atom is -0.340 e. The molecule has 0 aromatic heterocycles. The lowest BCUT2D eigenvalue weighted by atomic mass is 9.93. The van der Waals surface area contributed by atoms with E-state index in [0.29, 0.717) is 25.9 Å². The Morgan fingerprint density at radius 2 is 2.00 bits per heavy atom. The van der Waals surface area contributed by atoms with Gasteiger partial charge in [-0.05, 0) is 19.3 Å². The number of nitrogens with zero attached hydrogens (tertiary/aromatic N) is 2. The second-order valence-electron chi connectivity index (χ2n) is 5.50. The number of imide groups is 1. The van der Waals surface area contributed by atoms with E-state index in [1.54, 1.807) is 4.90 Å². The Labute approximate surface area is 130 Å². The van der Waals surface area contributed by atoms with Gasteiger partial charge >= 0.3 is 6.03 Å². The Kier molecular flexibility index (Phi) is 5.58. The maximum atomic E-state index is 12.4. The molecule has 7 nitrogen and oxygen atoms in total. The van der Waals surface area contributed by atoms with Crippen LogP contribution >= 0.6 is 12.4 Å². The number of amides is 4. The number of hydrogen-bond donors (Lipinski definition) is 2. The van der Waals surface area contributed by atoms with Gasteiger partial charge in [-0.3, -0.25) is 14.5 Å². The van der Waals surface area contributed by atoms with Gasteiger partial charge < -0.3 is 16.0 Å². The first-order valence-corrected chi connectivity index (χ1v) is 7.11. The number of carbonyl (C=O) groups excluding carboxylic acids is 3. The third kappa shape index (κ3) is 3.13. The van der Waals surface area contributed by atoms with Gasteiger partial charge in [-0.2, -0.15) is 0 Å². The van der Waals surface area contributed by atoms with Gasteiger partial charge in [0.15, 0.2) is 0 Å². The highest BCUT2D eigenvalue weighted by atomic mass is 35.5. The Balaban J connectivity index is 0.00000220. The first-order valence-electron chi connectivity index (χ1n) is 7.11. The molecule has 21 heavy (non-hydrogen) atoms. The number of nitrogens with one attached hydrogen (secondary N) is 1. The van der Waals surface area contributed by atoms with E-state index in [-0.39, 0.29) is 36.8 Å². The molecule has 0 bridgehead atoms. The monoisotopic (exact) mass is 318 g/mol. The summed E-state index contributed by atoms with van der Waals surface area (Å²) in [5.41, 5.74) is 4.91. The zero-order chi connectivity index (χ0) is 14.9. The fraction of sp³-hybridized carbons (Fsp3) is 0.769. The molecule has 2 aliphatic heterocycles. The lowest BCUT2D eigenvalue weighted by Crippen LogP contribution is -2.47. The largest absolute Gasteiger partial charge is 0.340 e. The lowest BCUT2D eigenvalue weighted by molar-refractivity contribution is -0.138. The highest BCUT2D eigenvalue weighted by Gasteiger charge is 2.49. The summed E-state index contributed by atoms with van der Waals surface area (Å²) in [5.74, 6) is -0.520. The molecule has 0 aromatic carbocycles. The van der Waals surface area contributed by atoms with Crippen molar-refractivity contribution in [2.75, 3.05) is 19.6 Å². The normalized spacial score (nSPS) is 24.0. The summed E-state index contributed by atoms with van der Waals surface area (Å²) in [7, 11) is 0. The van der Waals surface area contributed by atoms with E-state index in [2.05, 4.69) is 5.32 Å². The third-order valence-corrected chi connectivity index (χ3v) is 4.32. The third-order valence-electron chi connectivity index (χ3n) is 4.32. The molecule has 8 heteroatoms. The number of rotatable bonds is 4. The molecule has 0 unspecified atom stereocenters. The van der Waals surface area contributed by atoms with Crippen molar-refractivity contribution in [2.45, 2.75) is 44.7 Å². The predicted octanol–water partition coefficient (Wildman–Crippen LogP) is 0.0784. The van der Waals surface area contributed by atoms with Crippen LogP contribution in [-0.4, -0.2) is 58.9 Å². The van der Waals surface area contributed by atoms with E-state index < -0.39 is 11.6 Å². The second kappa shape index (κ2) is 6.62. The van der Waals surface area contributed by atoms with Gasteiger partial charge in [-0.1, -0.05) is 13.8 Å². The SMILES string of the molecule is CCC1(CC)NC(=O)N(CC(=O)N2CC[C@H](N)C2)C1=O.Cl. The van der Waals surface area contributed by atoms with Crippen LogP contribution in [0.1, 0.15) is 33.1 Å². The molecule has 3 N–H and O–H groups in total. The van der Waals surface area contributed by atoms with Crippen molar-refractivity contribution in [2.24, 2.45) is 5.73 Å². The summed E-state index contributed by atoms with van der Waals surface area (Å²) >= 11 is 0. The molecule has 0 aromatic rings. The smallest absolute Gasteiger partial charge is 0.325 e. The molecular formula is C13H23ClN4O3. The molecule has 0 saturated carbocycles. The quantitative estimate of drug-likeness (QED) is 0.717. The highest BCUT2D eigenvalue weighted by molar-refractivity contribution is 6.09. The Morgan fingerprint density at radius 3 is 2.43 bits per heavy atom. The van der Waals surface area contributed by atoms with Crippen LogP contribution in [0.15, 0.2) is 0 Å². The molecule has 0 spiro atoms. The van der Waals surface area contributed by atoms with Crippen LogP contribution in [-0.2, 0) is 9.59 Å². The number of nitrogens with two attached hydrogens (primary N) is 1. The van der Waals surface area contributed by atoms with Crippen LogP contribution in [0.2, 0.25) is 0 Å². The van der Waals surface area contributed by atoms with Crippen molar-refractivity contribution in [3.63, 3.8) is 0 Å². The van der Waals surface area contributed by atoms with Gasteiger partial charge in [0.2, 0.25) is 5.91 Å². The van der Waals surface area contributed by atoms with E-state index >= 15 is 0 Å². The molecule has 1 atom stereocenters. The Hall–Kier alpha value is -1.34. The van der Waals surface area contributed by atoms with Crippen molar-refractivity contribution < 1.29 is 14.4 Å². The van der Waals surface area contributed by atoms with E-state index in [1.807, 2.05) is 13.8 Å². The van der Waals surface area contributed by atoms with Gasteiger partial charge in [0.25, 0.3) is 5.91 Å². The van der Waals surface area contributed by atoms with Crippen molar-refractivity contribution in [1.82, 2.24) is 15.1 Å². The number of carbonyl (C=O) groups is 3. The second-order valence-corrected chi connectivity index (χ2v) is 5.50. The van der Waals surface area contributed by atoms with Gasteiger partial charge in [0, 0.05) is 19.1 Å². The summed E-state index contributed by atoms with van der Waals surface area (Å²) in [6, 6.07) is -0.483. The average molecular weight is 319 g/mol. The van der Waals surface area contributed by atoms with E-state index in [0.717, 1.165) is 11.3 Å². The first kappa shape index (κ1) is 17.7. The predicted molar refractivity (Wildman–Crippen MR) is 80.0 cm³/mol. The van der Waals surface area contributed by atoms with Crippen molar-refractivity contribution in [1.29, 1.82) is 0 Å². The van der Waals surface area contributed by atoms with Crippen molar-refractivity contribution in [3.8, 4) is 0 Å². The van der Waals surface area contributed by atoms with E-state index in [1.165, 1.54) is 0 Å². The van der Waals surface area contributed by atoms with Crippen molar-refractivity contribution >= 4 is 30.3 Å². The summed E-state index contributed by atoms with van der Waals surface area (Å²) < 4.78 is 0. The zero-order valence-electron chi connectivity index (χ0n) is 12.4. The molecule has 120 valence electrons. The fourth-order valence-electron chi connectivity index (χ4n) is 2.80.